The van der Waals surface area contributed by atoms with E-state index in [1.807, 2.05) is 33.2 Å². The topological polar surface area (TPSA) is 113 Å². The summed E-state index contributed by atoms with van der Waals surface area (Å²) in [6.45, 7) is 8.67. The monoisotopic (exact) mass is 532 g/mol. The number of fused-ring (bicyclic) bond motifs is 1. The summed E-state index contributed by atoms with van der Waals surface area (Å²) >= 11 is 0. The van der Waals surface area contributed by atoms with Crippen LogP contribution in [-0.2, 0) is 5.41 Å². The zero-order valence-corrected chi connectivity index (χ0v) is 23.4. The molecule has 1 fully saturated rings. The Morgan fingerprint density at radius 3 is 2.72 bits per heavy atom. The van der Waals surface area contributed by atoms with E-state index in [-0.39, 0.29) is 22.1 Å². The number of pyridine rings is 1. The summed E-state index contributed by atoms with van der Waals surface area (Å²) in [5.74, 6) is 1.75. The first kappa shape index (κ1) is 26.6. The second-order valence-corrected chi connectivity index (χ2v) is 11.2. The van der Waals surface area contributed by atoms with Gasteiger partial charge in [-0.25, -0.2) is 9.97 Å². The summed E-state index contributed by atoms with van der Waals surface area (Å²) < 4.78 is 5.70. The molecule has 1 aromatic carbocycles. The van der Waals surface area contributed by atoms with E-state index in [1.54, 1.807) is 19.2 Å². The van der Waals surface area contributed by atoms with Crippen molar-refractivity contribution in [1.82, 2.24) is 19.9 Å². The molecule has 11 nitrogen and oxygen atoms in total. The molecule has 1 saturated heterocycles. The number of likely N-dealkylation sites (N-methyl/N-ethyl adjacent to an activating group) is 1. The van der Waals surface area contributed by atoms with Crippen LogP contribution in [0.3, 0.4) is 0 Å². The van der Waals surface area contributed by atoms with Gasteiger partial charge >= 0.3 is 0 Å². The van der Waals surface area contributed by atoms with E-state index in [4.69, 9.17) is 9.72 Å². The maximum Gasteiger partial charge on any atom is 0.294 e. The number of hydrogen-bond donors (Lipinski definition) is 1. The Kier molecular flexibility index (Phi) is 7.02. The first-order valence-electron chi connectivity index (χ1n) is 13.2. The third kappa shape index (κ3) is 5.18. The SMILES string of the molecule is COc1cc(N2CCC[C@@H]2CN(C)C)c([N+](=O)[O-])cc1Nc1cc(N2CC(C)(C)c3nc(C)ccc32)ncn1. The van der Waals surface area contributed by atoms with Crippen LogP contribution in [0.15, 0.2) is 36.7 Å². The predicted molar refractivity (Wildman–Crippen MR) is 153 cm³/mol. The summed E-state index contributed by atoms with van der Waals surface area (Å²) in [4.78, 5) is 32.0. The molecule has 4 heterocycles. The van der Waals surface area contributed by atoms with Crippen LogP contribution in [0, 0.1) is 17.0 Å². The molecule has 2 aromatic heterocycles. The van der Waals surface area contributed by atoms with E-state index in [9.17, 15) is 10.1 Å². The summed E-state index contributed by atoms with van der Waals surface area (Å²) in [6, 6.07) is 9.44. The summed E-state index contributed by atoms with van der Waals surface area (Å²) in [6.07, 6.45) is 3.48. The van der Waals surface area contributed by atoms with Gasteiger partial charge < -0.3 is 24.8 Å². The molecule has 0 spiro atoms. The van der Waals surface area contributed by atoms with Crippen molar-refractivity contribution in [3.05, 3.63) is 58.2 Å². The van der Waals surface area contributed by atoms with Gasteiger partial charge in [0.2, 0.25) is 0 Å². The minimum Gasteiger partial charge on any atom is -0.494 e. The van der Waals surface area contributed by atoms with Gasteiger partial charge in [0.15, 0.2) is 0 Å². The average Bonchev–Trinajstić information content (AvgIpc) is 3.44. The number of hydrogen-bond acceptors (Lipinski definition) is 10. The van der Waals surface area contributed by atoms with Crippen LogP contribution in [0.1, 0.15) is 38.1 Å². The van der Waals surface area contributed by atoms with Gasteiger partial charge in [-0.15, -0.1) is 0 Å². The molecule has 206 valence electrons. The number of anilines is 5. The molecule has 39 heavy (non-hydrogen) atoms. The van der Waals surface area contributed by atoms with Gasteiger partial charge in [-0.2, -0.15) is 0 Å². The quantitative estimate of drug-likeness (QED) is 0.321. The number of nitrogens with one attached hydrogen (secondary N) is 1. The van der Waals surface area contributed by atoms with E-state index < -0.39 is 0 Å². The Labute approximate surface area is 229 Å². The van der Waals surface area contributed by atoms with E-state index in [1.165, 1.54) is 6.33 Å². The van der Waals surface area contributed by atoms with Crippen molar-refractivity contribution >= 4 is 34.4 Å². The standard InChI is InChI=1S/C28H36N8O3/c1-18-9-10-21-27(31-18)28(2,3)16-35(21)26-14-25(29-17-30-26)32-20-12-23(36(37)38)22(13-24(20)39-6)34-11-7-8-19(34)15-33(4)5/h9-10,12-14,17,19H,7-8,11,15-16H2,1-6H3,(H,29,30,32)/t19-/m1/s1. The maximum atomic E-state index is 12.2. The fraction of sp³-hybridized carbons (Fsp3) is 0.464. The highest BCUT2D eigenvalue weighted by molar-refractivity contribution is 5.78. The molecule has 3 aromatic rings. The Morgan fingerprint density at radius 2 is 2.00 bits per heavy atom. The van der Waals surface area contributed by atoms with Crippen molar-refractivity contribution in [1.29, 1.82) is 0 Å². The number of aromatic nitrogens is 3. The first-order chi connectivity index (χ1) is 18.6. The lowest BCUT2D eigenvalue weighted by Gasteiger charge is -2.29. The minimum absolute atomic E-state index is 0.0369. The fourth-order valence-electron chi connectivity index (χ4n) is 5.69. The molecule has 1 atom stereocenters. The first-order valence-corrected chi connectivity index (χ1v) is 13.2. The van der Waals surface area contributed by atoms with Crippen molar-refractivity contribution in [2.24, 2.45) is 0 Å². The Balaban J connectivity index is 1.47. The van der Waals surface area contributed by atoms with Crippen LogP contribution in [0.2, 0.25) is 0 Å². The summed E-state index contributed by atoms with van der Waals surface area (Å²) in [5, 5.41) is 15.5. The van der Waals surface area contributed by atoms with E-state index in [0.29, 0.717) is 22.9 Å². The largest absolute Gasteiger partial charge is 0.494 e. The molecule has 0 radical (unpaired) electrons. The van der Waals surface area contributed by atoms with Crippen LogP contribution in [0.4, 0.5) is 34.4 Å². The number of nitro groups is 1. The number of nitrogens with zero attached hydrogens (tertiary/aromatic N) is 7. The van der Waals surface area contributed by atoms with Gasteiger partial charge in [0.05, 0.1) is 29.1 Å². The Hall–Kier alpha value is -3.99. The molecular weight excluding hydrogens is 496 g/mol. The lowest BCUT2D eigenvalue weighted by Crippen LogP contribution is -2.37. The molecule has 0 unspecified atom stereocenters. The van der Waals surface area contributed by atoms with Gasteiger partial charge in [-0.3, -0.25) is 15.1 Å². The maximum absolute atomic E-state index is 12.2. The van der Waals surface area contributed by atoms with Crippen molar-refractivity contribution in [2.45, 2.75) is 45.1 Å². The number of methoxy groups -OCH3 is 1. The number of ether oxygens (including phenoxy) is 1. The molecule has 5 rings (SSSR count). The lowest BCUT2D eigenvalue weighted by atomic mass is 9.91. The van der Waals surface area contributed by atoms with Crippen LogP contribution >= 0.6 is 0 Å². The van der Waals surface area contributed by atoms with Gasteiger partial charge in [-0.05, 0) is 46.0 Å². The molecule has 2 aliphatic heterocycles. The number of aryl methyl sites for hydroxylation is 1. The molecule has 0 aliphatic carbocycles. The van der Waals surface area contributed by atoms with Crippen LogP contribution in [0.25, 0.3) is 0 Å². The van der Waals surface area contributed by atoms with Crippen molar-refractivity contribution < 1.29 is 9.66 Å². The van der Waals surface area contributed by atoms with Crippen LogP contribution in [0.5, 0.6) is 5.75 Å². The Bertz CT molecular complexity index is 1390. The second-order valence-electron chi connectivity index (χ2n) is 11.2. The zero-order valence-electron chi connectivity index (χ0n) is 23.4. The summed E-state index contributed by atoms with van der Waals surface area (Å²) in [7, 11) is 5.61. The second kappa shape index (κ2) is 10.3. The average molecular weight is 533 g/mol. The van der Waals surface area contributed by atoms with Crippen molar-refractivity contribution in [3.63, 3.8) is 0 Å². The fourth-order valence-corrected chi connectivity index (χ4v) is 5.69. The van der Waals surface area contributed by atoms with Crippen LogP contribution in [-0.4, -0.2) is 71.7 Å². The van der Waals surface area contributed by atoms with Gasteiger partial charge in [0.1, 0.15) is 29.4 Å². The zero-order chi connectivity index (χ0) is 27.9. The molecule has 0 bridgehead atoms. The van der Waals surface area contributed by atoms with E-state index >= 15 is 0 Å². The summed E-state index contributed by atoms with van der Waals surface area (Å²) in [5.41, 5.74) is 3.99. The van der Waals surface area contributed by atoms with Crippen LogP contribution < -0.4 is 19.9 Å². The van der Waals surface area contributed by atoms with Gasteiger partial charge in [0.25, 0.3) is 5.69 Å². The highest BCUT2D eigenvalue weighted by Crippen LogP contribution is 2.44. The van der Waals surface area contributed by atoms with Crippen molar-refractivity contribution in [3.8, 4) is 5.75 Å². The highest BCUT2D eigenvalue weighted by Gasteiger charge is 2.38. The number of rotatable bonds is 8. The highest BCUT2D eigenvalue weighted by atomic mass is 16.6. The minimum atomic E-state index is -0.325. The molecule has 11 heteroatoms. The third-order valence-electron chi connectivity index (χ3n) is 7.45. The normalized spacial score (nSPS) is 18.0. The van der Waals surface area contributed by atoms with Gasteiger partial charge in [0, 0.05) is 55.0 Å². The number of benzene rings is 1. The molecule has 1 N–H and O–H groups in total. The molecule has 2 aliphatic rings. The molecule has 0 amide bonds. The predicted octanol–water partition coefficient (Wildman–Crippen LogP) is 4.80. The van der Waals surface area contributed by atoms with E-state index in [0.717, 1.165) is 55.4 Å². The third-order valence-corrected chi connectivity index (χ3v) is 7.45. The van der Waals surface area contributed by atoms with Crippen molar-refractivity contribution in [2.75, 3.05) is 56.0 Å². The Morgan fingerprint density at radius 1 is 1.21 bits per heavy atom. The lowest BCUT2D eigenvalue weighted by molar-refractivity contribution is -0.384. The number of nitro benzene ring substituents is 1. The van der Waals surface area contributed by atoms with Gasteiger partial charge in [-0.1, -0.05) is 13.8 Å². The smallest absolute Gasteiger partial charge is 0.294 e. The molecule has 0 saturated carbocycles. The van der Waals surface area contributed by atoms with E-state index in [2.05, 4.69) is 49.9 Å². The molecular formula is C28H36N8O3.